The predicted octanol–water partition coefficient (Wildman–Crippen LogP) is 1.87. The van der Waals surface area contributed by atoms with Gasteiger partial charge in [0.1, 0.15) is 0 Å². The zero-order valence-electron chi connectivity index (χ0n) is 8.33. The summed E-state index contributed by atoms with van der Waals surface area (Å²) in [5.41, 5.74) is 6.61. The molecule has 0 atom stereocenters. The van der Waals surface area contributed by atoms with E-state index in [1.807, 2.05) is 0 Å². The lowest BCUT2D eigenvalue weighted by Gasteiger charge is -1.96. The topological polar surface area (TPSA) is 48.1 Å². The Bertz CT molecular complexity index is 271. The highest BCUT2D eigenvalue weighted by Gasteiger charge is 2.11. The van der Waals surface area contributed by atoms with Gasteiger partial charge in [-0.15, -0.1) is 11.3 Å². The van der Waals surface area contributed by atoms with E-state index < -0.39 is 0 Å². The van der Waals surface area contributed by atoms with Gasteiger partial charge in [-0.2, -0.15) is 0 Å². The minimum Gasteiger partial charge on any atom is -0.378 e. The molecule has 0 aliphatic rings. The Labute approximate surface area is 82.9 Å². The van der Waals surface area contributed by atoms with Crippen LogP contribution in [0.4, 0.5) is 0 Å². The van der Waals surface area contributed by atoms with Crippen LogP contribution in [0.3, 0.4) is 0 Å². The van der Waals surface area contributed by atoms with Crippen molar-refractivity contribution in [1.29, 1.82) is 0 Å². The van der Waals surface area contributed by atoms with Gasteiger partial charge in [0.15, 0.2) is 0 Å². The first-order chi connectivity index (χ1) is 6.19. The number of hydrogen-bond acceptors (Lipinski definition) is 4. The third-order valence-electron chi connectivity index (χ3n) is 1.76. The average molecular weight is 200 g/mol. The average Bonchev–Trinajstić information content (AvgIpc) is 2.48. The van der Waals surface area contributed by atoms with E-state index in [4.69, 9.17) is 10.5 Å². The van der Waals surface area contributed by atoms with Crippen LogP contribution in [0.25, 0.3) is 0 Å². The number of ether oxygens (including phenoxy) is 1. The monoisotopic (exact) mass is 200 g/mol. The number of rotatable bonds is 4. The zero-order chi connectivity index (χ0) is 9.84. The summed E-state index contributed by atoms with van der Waals surface area (Å²) < 4.78 is 5.05. The van der Waals surface area contributed by atoms with Gasteiger partial charge in [-0.25, -0.2) is 4.98 Å². The summed E-state index contributed by atoms with van der Waals surface area (Å²) in [6, 6.07) is 0. The van der Waals surface area contributed by atoms with Gasteiger partial charge in [-0.1, -0.05) is 13.8 Å². The number of thiazole rings is 1. The molecule has 0 unspecified atom stereocenters. The zero-order valence-corrected chi connectivity index (χ0v) is 9.15. The standard InChI is InChI=1S/C9H16N2OS/c1-6(2)9-11-7(5-12-3)8(4-10)13-9/h6H,4-5,10H2,1-3H3. The molecule has 1 rings (SSSR count). The van der Waals surface area contributed by atoms with E-state index in [0.717, 1.165) is 15.6 Å². The number of hydrogen-bond donors (Lipinski definition) is 1. The van der Waals surface area contributed by atoms with Crippen LogP contribution in [0.1, 0.15) is 35.3 Å². The summed E-state index contributed by atoms with van der Waals surface area (Å²) in [5, 5.41) is 1.15. The molecule has 0 spiro atoms. The van der Waals surface area contributed by atoms with Crippen molar-refractivity contribution in [3.05, 3.63) is 15.6 Å². The minimum atomic E-state index is 0.473. The second kappa shape index (κ2) is 4.69. The molecule has 2 N–H and O–H groups in total. The molecule has 74 valence electrons. The summed E-state index contributed by atoms with van der Waals surface area (Å²) in [6.45, 7) is 5.39. The first kappa shape index (κ1) is 10.6. The van der Waals surface area contributed by atoms with Gasteiger partial charge >= 0.3 is 0 Å². The molecule has 0 saturated carbocycles. The van der Waals surface area contributed by atoms with E-state index in [9.17, 15) is 0 Å². The second-order valence-electron chi connectivity index (χ2n) is 3.21. The van der Waals surface area contributed by atoms with Crippen molar-refractivity contribution in [2.24, 2.45) is 5.73 Å². The SMILES string of the molecule is COCc1nc(C(C)C)sc1CN. The molecule has 0 bridgehead atoms. The van der Waals surface area contributed by atoms with Crippen molar-refractivity contribution in [3.8, 4) is 0 Å². The molecular formula is C9H16N2OS. The molecule has 0 aliphatic heterocycles. The van der Waals surface area contributed by atoms with E-state index in [1.165, 1.54) is 0 Å². The summed E-state index contributed by atoms with van der Waals surface area (Å²) in [6.07, 6.45) is 0. The molecule has 13 heavy (non-hydrogen) atoms. The van der Waals surface area contributed by atoms with Crippen LogP contribution in [0, 0.1) is 0 Å². The molecule has 1 aromatic heterocycles. The fraction of sp³-hybridized carbons (Fsp3) is 0.667. The van der Waals surface area contributed by atoms with Crippen LogP contribution >= 0.6 is 11.3 Å². The van der Waals surface area contributed by atoms with E-state index in [1.54, 1.807) is 18.4 Å². The maximum absolute atomic E-state index is 5.61. The molecule has 0 aliphatic carbocycles. The summed E-state index contributed by atoms with van der Waals surface area (Å²) >= 11 is 1.69. The van der Waals surface area contributed by atoms with Crippen LogP contribution in [-0.2, 0) is 17.9 Å². The highest BCUT2D eigenvalue weighted by molar-refractivity contribution is 7.11. The highest BCUT2D eigenvalue weighted by Crippen LogP contribution is 2.24. The van der Waals surface area contributed by atoms with Crippen molar-refractivity contribution in [3.63, 3.8) is 0 Å². The molecule has 4 heteroatoms. The predicted molar refractivity (Wildman–Crippen MR) is 54.8 cm³/mol. The maximum Gasteiger partial charge on any atom is 0.0958 e. The molecule has 3 nitrogen and oxygen atoms in total. The first-order valence-corrected chi connectivity index (χ1v) is 5.18. The van der Waals surface area contributed by atoms with Crippen molar-refractivity contribution in [2.45, 2.75) is 32.9 Å². The number of aromatic nitrogens is 1. The summed E-state index contributed by atoms with van der Waals surface area (Å²) in [5.74, 6) is 0.473. The minimum absolute atomic E-state index is 0.473. The Hall–Kier alpha value is -0.450. The molecule has 0 amide bonds. The highest BCUT2D eigenvalue weighted by atomic mass is 32.1. The van der Waals surface area contributed by atoms with E-state index in [-0.39, 0.29) is 0 Å². The smallest absolute Gasteiger partial charge is 0.0958 e. The third kappa shape index (κ3) is 2.49. The number of methoxy groups -OCH3 is 1. The van der Waals surface area contributed by atoms with Crippen LogP contribution in [0.2, 0.25) is 0 Å². The normalized spacial score (nSPS) is 11.2. The van der Waals surface area contributed by atoms with Gasteiger partial charge < -0.3 is 10.5 Å². The molecule has 0 fully saturated rings. The van der Waals surface area contributed by atoms with E-state index >= 15 is 0 Å². The van der Waals surface area contributed by atoms with E-state index in [2.05, 4.69) is 18.8 Å². The first-order valence-electron chi connectivity index (χ1n) is 4.36. The lowest BCUT2D eigenvalue weighted by molar-refractivity contribution is 0.181. The van der Waals surface area contributed by atoms with Crippen molar-refractivity contribution < 1.29 is 4.74 Å². The van der Waals surface area contributed by atoms with Gasteiger partial charge in [-0.3, -0.25) is 0 Å². The van der Waals surface area contributed by atoms with Crippen LogP contribution in [0.5, 0.6) is 0 Å². The summed E-state index contributed by atoms with van der Waals surface area (Å²) in [7, 11) is 1.68. The molecular weight excluding hydrogens is 184 g/mol. The largest absolute Gasteiger partial charge is 0.378 e. The fourth-order valence-corrected chi connectivity index (χ4v) is 2.01. The lowest BCUT2D eigenvalue weighted by Crippen LogP contribution is -1.99. The Morgan fingerprint density at radius 3 is 2.69 bits per heavy atom. The fourth-order valence-electron chi connectivity index (χ4n) is 1.06. The van der Waals surface area contributed by atoms with Crippen LogP contribution < -0.4 is 5.73 Å². The third-order valence-corrected chi connectivity index (χ3v) is 3.18. The van der Waals surface area contributed by atoms with Gasteiger partial charge in [0.25, 0.3) is 0 Å². The van der Waals surface area contributed by atoms with Crippen LogP contribution in [0.15, 0.2) is 0 Å². The second-order valence-corrected chi connectivity index (χ2v) is 4.33. The molecule has 1 aromatic rings. The van der Waals surface area contributed by atoms with Gasteiger partial charge in [0.05, 0.1) is 17.3 Å². The Morgan fingerprint density at radius 2 is 2.23 bits per heavy atom. The molecule has 0 saturated heterocycles. The molecule has 0 aromatic carbocycles. The van der Waals surface area contributed by atoms with Crippen molar-refractivity contribution in [1.82, 2.24) is 4.98 Å². The van der Waals surface area contributed by atoms with Gasteiger partial charge in [0.2, 0.25) is 0 Å². The Morgan fingerprint density at radius 1 is 1.54 bits per heavy atom. The quantitative estimate of drug-likeness (QED) is 0.807. The maximum atomic E-state index is 5.61. The summed E-state index contributed by atoms with van der Waals surface area (Å²) in [4.78, 5) is 5.63. The molecule has 1 heterocycles. The molecule has 0 radical (unpaired) electrons. The van der Waals surface area contributed by atoms with Crippen molar-refractivity contribution >= 4 is 11.3 Å². The Kier molecular flexibility index (Phi) is 3.84. The van der Waals surface area contributed by atoms with Crippen molar-refractivity contribution in [2.75, 3.05) is 7.11 Å². The van der Waals surface area contributed by atoms with Gasteiger partial charge in [-0.05, 0) is 0 Å². The van der Waals surface area contributed by atoms with Crippen LogP contribution in [-0.4, -0.2) is 12.1 Å². The van der Waals surface area contributed by atoms with Gasteiger partial charge in [0, 0.05) is 24.4 Å². The Balaban J connectivity index is 2.90. The number of nitrogens with zero attached hydrogens (tertiary/aromatic N) is 1. The lowest BCUT2D eigenvalue weighted by atomic mass is 10.2. The van der Waals surface area contributed by atoms with E-state index in [0.29, 0.717) is 19.1 Å². The number of nitrogens with two attached hydrogens (primary N) is 1.